The maximum atomic E-state index is 12.4. The SMILES string of the molecule is CCCSCC(NN)c1cnc(C(F)(F)F)s1. The number of hydrogen-bond acceptors (Lipinski definition) is 5. The van der Waals surface area contributed by atoms with E-state index in [9.17, 15) is 13.2 Å². The molecule has 1 unspecified atom stereocenters. The monoisotopic (exact) mass is 285 g/mol. The molecule has 98 valence electrons. The average molecular weight is 285 g/mol. The Bertz CT molecular complexity index is 340. The van der Waals surface area contributed by atoms with Gasteiger partial charge in [-0.25, -0.2) is 4.98 Å². The highest BCUT2D eigenvalue weighted by Crippen LogP contribution is 2.34. The number of halogens is 3. The molecule has 0 aliphatic carbocycles. The van der Waals surface area contributed by atoms with Crippen LogP contribution in [0.3, 0.4) is 0 Å². The molecule has 0 aromatic carbocycles. The lowest BCUT2D eigenvalue weighted by Crippen LogP contribution is -2.29. The van der Waals surface area contributed by atoms with Crippen molar-refractivity contribution in [3.8, 4) is 0 Å². The summed E-state index contributed by atoms with van der Waals surface area (Å²) in [5, 5.41) is -0.826. The van der Waals surface area contributed by atoms with Gasteiger partial charge in [-0.05, 0) is 12.2 Å². The van der Waals surface area contributed by atoms with Crippen molar-refractivity contribution in [2.75, 3.05) is 11.5 Å². The number of nitrogens with zero attached hydrogens (tertiary/aromatic N) is 1. The first-order chi connectivity index (χ1) is 7.99. The normalized spacial score (nSPS) is 13.9. The van der Waals surface area contributed by atoms with Gasteiger partial charge in [0.2, 0.25) is 0 Å². The van der Waals surface area contributed by atoms with Crippen LogP contribution in [0.15, 0.2) is 6.20 Å². The van der Waals surface area contributed by atoms with E-state index in [-0.39, 0.29) is 6.04 Å². The van der Waals surface area contributed by atoms with Gasteiger partial charge in [0.25, 0.3) is 0 Å². The second kappa shape index (κ2) is 6.58. The van der Waals surface area contributed by atoms with Crippen LogP contribution < -0.4 is 11.3 Å². The second-order valence-corrected chi connectivity index (χ2v) is 5.57. The first-order valence-electron chi connectivity index (χ1n) is 5.05. The summed E-state index contributed by atoms with van der Waals surface area (Å²) in [5.74, 6) is 6.94. The van der Waals surface area contributed by atoms with Crippen molar-refractivity contribution in [1.82, 2.24) is 10.4 Å². The van der Waals surface area contributed by atoms with Gasteiger partial charge in [0, 0.05) is 16.8 Å². The van der Waals surface area contributed by atoms with Crippen LogP contribution in [-0.4, -0.2) is 16.5 Å². The Morgan fingerprint density at radius 1 is 1.59 bits per heavy atom. The van der Waals surface area contributed by atoms with Gasteiger partial charge < -0.3 is 0 Å². The summed E-state index contributed by atoms with van der Waals surface area (Å²) in [4.78, 5) is 3.89. The smallest absolute Gasteiger partial charge is 0.271 e. The molecule has 1 atom stereocenters. The molecule has 0 aliphatic rings. The molecule has 0 saturated carbocycles. The van der Waals surface area contributed by atoms with Gasteiger partial charge in [0.05, 0.1) is 6.04 Å². The summed E-state index contributed by atoms with van der Waals surface area (Å²) in [6.07, 6.45) is -2.11. The summed E-state index contributed by atoms with van der Waals surface area (Å²) in [6, 6.07) is -0.278. The number of rotatable bonds is 6. The molecule has 1 aromatic rings. The van der Waals surface area contributed by atoms with Gasteiger partial charge in [0.1, 0.15) is 0 Å². The Hall–Kier alpha value is -0.310. The van der Waals surface area contributed by atoms with E-state index in [1.807, 2.05) is 6.92 Å². The Morgan fingerprint density at radius 2 is 2.29 bits per heavy atom. The molecule has 1 aromatic heterocycles. The summed E-state index contributed by atoms with van der Waals surface area (Å²) in [6.45, 7) is 2.05. The molecule has 3 nitrogen and oxygen atoms in total. The molecule has 17 heavy (non-hydrogen) atoms. The van der Waals surface area contributed by atoms with E-state index in [1.54, 1.807) is 11.8 Å². The summed E-state index contributed by atoms with van der Waals surface area (Å²) in [5.41, 5.74) is 2.52. The van der Waals surface area contributed by atoms with Gasteiger partial charge in [-0.15, -0.1) is 11.3 Å². The number of nitrogens with two attached hydrogens (primary N) is 1. The zero-order chi connectivity index (χ0) is 12.9. The van der Waals surface area contributed by atoms with Crippen LogP contribution in [0.5, 0.6) is 0 Å². The number of aromatic nitrogens is 1. The third-order valence-corrected chi connectivity index (χ3v) is 4.37. The molecule has 1 rings (SSSR count). The van der Waals surface area contributed by atoms with Gasteiger partial charge in [-0.1, -0.05) is 6.92 Å². The fraction of sp³-hybridized carbons (Fsp3) is 0.667. The molecule has 0 aliphatic heterocycles. The fourth-order valence-corrected chi connectivity index (χ4v) is 3.05. The summed E-state index contributed by atoms with van der Waals surface area (Å²) < 4.78 is 37.1. The number of nitrogens with one attached hydrogen (secondary N) is 1. The summed E-state index contributed by atoms with van der Waals surface area (Å²) >= 11 is 2.29. The van der Waals surface area contributed by atoms with Crippen LogP contribution in [0.2, 0.25) is 0 Å². The fourth-order valence-electron chi connectivity index (χ4n) is 1.14. The highest BCUT2D eigenvalue weighted by molar-refractivity contribution is 7.99. The lowest BCUT2D eigenvalue weighted by molar-refractivity contribution is -0.137. The van der Waals surface area contributed by atoms with Crippen LogP contribution in [0.4, 0.5) is 13.2 Å². The van der Waals surface area contributed by atoms with Crippen LogP contribution in [0, 0.1) is 0 Å². The Morgan fingerprint density at radius 3 is 2.76 bits per heavy atom. The summed E-state index contributed by atoms with van der Waals surface area (Å²) in [7, 11) is 0. The van der Waals surface area contributed by atoms with Crippen molar-refractivity contribution >= 4 is 23.1 Å². The van der Waals surface area contributed by atoms with E-state index in [0.717, 1.165) is 12.2 Å². The van der Waals surface area contributed by atoms with Gasteiger partial charge in [-0.2, -0.15) is 24.9 Å². The standard InChI is InChI=1S/C9H14F3N3S2/c1-2-3-16-5-6(15-13)7-4-14-8(17-7)9(10,11)12/h4,6,15H,2-3,5,13H2,1H3. The highest BCUT2D eigenvalue weighted by Gasteiger charge is 2.35. The third kappa shape index (κ3) is 4.46. The molecule has 0 saturated heterocycles. The zero-order valence-corrected chi connectivity index (χ0v) is 10.9. The maximum absolute atomic E-state index is 12.4. The third-order valence-electron chi connectivity index (χ3n) is 1.94. The van der Waals surface area contributed by atoms with Crippen molar-refractivity contribution in [3.63, 3.8) is 0 Å². The van der Waals surface area contributed by atoms with Crippen LogP contribution in [-0.2, 0) is 6.18 Å². The minimum Gasteiger partial charge on any atom is -0.271 e. The predicted octanol–water partition coefficient (Wildman–Crippen LogP) is 2.81. The lowest BCUT2D eigenvalue weighted by Gasteiger charge is -2.12. The lowest BCUT2D eigenvalue weighted by atomic mass is 10.3. The number of hydrogen-bond donors (Lipinski definition) is 2. The van der Waals surface area contributed by atoms with Gasteiger partial charge >= 0.3 is 6.18 Å². The largest absolute Gasteiger partial charge is 0.443 e. The van der Waals surface area contributed by atoms with Gasteiger partial charge in [0.15, 0.2) is 5.01 Å². The molecular weight excluding hydrogens is 271 g/mol. The van der Waals surface area contributed by atoms with E-state index in [0.29, 0.717) is 22.0 Å². The minimum absolute atomic E-state index is 0.278. The molecule has 0 amide bonds. The number of thioether (sulfide) groups is 1. The van der Waals surface area contributed by atoms with E-state index in [4.69, 9.17) is 5.84 Å². The molecule has 1 heterocycles. The van der Waals surface area contributed by atoms with Crippen LogP contribution in [0.1, 0.15) is 29.3 Å². The van der Waals surface area contributed by atoms with Crippen molar-refractivity contribution in [1.29, 1.82) is 0 Å². The predicted molar refractivity (Wildman–Crippen MR) is 64.8 cm³/mol. The molecule has 0 radical (unpaired) electrons. The molecular formula is C9H14F3N3S2. The quantitative estimate of drug-likeness (QED) is 0.479. The van der Waals surface area contributed by atoms with Crippen molar-refractivity contribution in [2.24, 2.45) is 5.84 Å². The van der Waals surface area contributed by atoms with Crippen LogP contribution in [0.25, 0.3) is 0 Å². The Kier molecular flexibility index (Phi) is 5.71. The molecule has 0 spiro atoms. The molecule has 8 heteroatoms. The van der Waals surface area contributed by atoms with Gasteiger partial charge in [-0.3, -0.25) is 11.3 Å². The van der Waals surface area contributed by atoms with Crippen molar-refractivity contribution in [3.05, 3.63) is 16.1 Å². The van der Waals surface area contributed by atoms with Crippen LogP contribution >= 0.6 is 23.1 Å². The first-order valence-corrected chi connectivity index (χ1v) is 7.03. The Labute approximate surface area is 106 Å². The minimum atomic E-state index is -4.38. The average Bonchev–Trinajstić information content (AvgIpc) is 2.73. The zero-order valence-electron chi connectivity index (χ0n) is 9.25. The topological polar surface area (TPSA) is 50.9 Å². The second-order valence-electron chi connectivity index (χ2n) is 3.36. The maximum Gasteiger partial charge on any atom is 0.443 e. The molecule has 3 N–H and O–H groups in total. The van der Waals surface area contributed by atoms with E-state index >= 15 is 0 Å². The van der Waals surface area contributed by atoms with Crippen molar-refractivity contribution < 1.29 is 13.2 Å². The van der Waals surface area contributed by atoms with E-state index < -0.39 is 11.2 Å². The Balaban J connectivity index is 2.66. The van der Waals surface area contributed by atoms with E-state index in [1.165, 1.54) is 6.20 Å². The number of thiazole rings is 1. The van der Waals surface area contributed by atoms with E-state index in [2.05, 4.69) is 10.4 Å². The number of alkyl halides is 3. The van der Waals surface area contributed by atoms with Crippen molar-refractivity contribution in [2.45, 2.75) is 25.6 Å². The molecule has 0 fully saturated rings. The highest BCUT2D eigenvalue weighted by atomic mass is 32.2. The molecule has 0 bridgehead atoms. The first kappa shape index (κ1) is 14.7. The number of hydrazine groups is 1.